The molecule has 2 aromatic rings. The Balaban J connectivity index is 1.72. The molecule has 2 heterocycles. The Bertz CT molecular complexity index is 828. The predicted octanol–water partition coefficient (Wildman–Crippen LogP) is 4.81. The molecule has 132 valence electrons. The van der Waals surface area contributed by atoms with E-state index in [1.165, 1.54) is 11.1 Å². The highest BCUT2D eigenvalue weighted by Gasteiger charge is 2.24. The maximum Gasteiger partial charge on any atom is 0.0953 e. The summed E-state index contributed by atoms with van der Waals surface area (Å²) < 4.78 is 0. The number of allylic oxidation sites excluding steroid dienone is 2. The van der Waals surface area contributed by atoms with Gasteiger partial charge in [-0.05, 0) is 57.5 Å². The zero-order valence-electron chi connectivity index (χ0n) is 15.5. The molecule has 0 radical (unpaired) electrons. The molecule has 0 amide bonds. The molecule has 1 aliphatic rings. The standard InChI is InChI=1S/C21H28N4/c1-6-15(4)21-19-11-18(7-8-20(19)23-24-21)22-16(5)17-9-10-25(13-17)12-14(2)3/h6-8,11,17,22H,2,5,9-10,12-13H2,1,3-4H3,(H,23,24)/b15-6+. The van der Waals surface area contributed by atoms with Gasteiger partial charge in [-0.2, -0.15) is 5.10 Å². The van der Waals surface area contributed by atoms with Crippen LogP contribution in [0.2, 0.25) is 0 Å². The highest BCUT2D eigenvalue weighted by atomic mass is 15.2. The van der Waals surface area contributed by atoms with Gasteiger partial charge in [0.15, 0.2) is 0 Å². The maximum absolute atomic E-state index is 4.44. The first-order valence-corrected chi connectivity index (χ1v) is 8.92. The van der Waals surface area contributed by atoms with Crippen molar-refractivity contribution in [2.24, 2.45) is 5.92 Å². The number of benzene rings is 1. The fourth-order valence-electron chi connectivity index (χ4n) is 3.46. The highest BCUT2D eigenvalue weighted by molar-refractivity contribution is 5.92. The number of H-pyrrole nitrogens is 1. The molecule has 0 spiro atoms. The summed E-state index contributed by atoms with van der Waals surface area (Å²) in [5.74, 6) is 0.483. The van der Waals surface area contributed by atoms with E-state index in [0.29, 0.717) is 5.92 Å². The Labute approximate surface area is 150 Å². The number of likely N-dealkylation sites (tertiary alicyclic amines) is 1. The number of nitrogens with zero attached hydrogens (tertiary/aromatic N) is 2. The van der Waals surface area contributed by atoms with E-state index in [-0.39, 0.29) is 0 Å². The van der Waals surface area contributed by atoms with Crippen LogP contribution in [0.25, 0.3) is 16.5 Å². The van der Waals surface area contributed by atoms with Crippen molar-refractivity contribution >= 4 is 22.2 Å². The fourth-order valence-corrected chi connectivity index (χ4v) is 3.46. The van der Waals surface area contributed by atoms with Crippen LogP contribution in [0.4, 0.5) is 5.69 Å². The predicted molar refractivity (Wildman–Crippen MR) is 108 cm³/mol. The normalized spacial score (nSPS) is 18.7. The van der Waals surface area contributed by atoms with Gasteiger partial charge >= 0.3 is 0 Å². The van der Waals surface area contributed by atoms with E-state index in [2.05, 4.69) is 71.7 Å². The van der Waals surface area contributed by atoms with E-state index in [4.69, 9.17) is 0 Å². The SMILES string of the molecule is C=C(C)CN1CCC(C(=C)Nc2ccc3[nH]nc(/C(C)=C/C)c3c2)C1. The number of nitrogens with one attached hydrogen (secondary N) is 2. The number of hydrogen-bond acceptors (Lipinski definition) is 3. The first-order chi connectivity index (χ1) is 12.0. The average Bonchev–Trinajstić information content (AvgIpc) is 3.20. The van der Waals surface area contributed by atoms with Gasteiger partial charge in [0.05, 0.1) is 11.2 Å². The molecule has 0 saturated carbocycles. The van der Waals surface area contributed by atoms with Crippen molar-refractivity contribution in [3.63, 3.8) is 0 Å². The minimum absolute atomic E-state index is 0.483. The third kappa shape index (κ3) is 3.85. The van der Waals surface area contributed by atoms with Gasteiger partial charge in [-0.1, -0.05) is 24.8 Å². The van der Waals surface area contributed by atoms with E-state index >= 15 is 0 Å². The lowest BCUT2D eigenvalue weighted by Gasteiger charge is -2.18. The third-order valence-corrected chi connectivity index (χ3v) is 4.93. The van der Waals surface area contributed by atoms with Crippen molar-refractivity contribution in [1.29, 1.82) is 0 Å². The summed E-state index contributed by atoms with van der Waals surface area (Å²) in [4.78, 5) is 2.45. The van der Waals surface area contributed by atoms with Gasteiger partial charge in [0.2, 0.25) is 0 Å². The smallest absolute Gasteiger partial charge is 0.0953 e. The van der Waals surface area contributed by atoms with Gasteiger partial charge < -0.3 is 5.32 Å². The lowest BCUT2D eigenvalue weighted by atomic mass is 10.0. The third-order valence-electron chi connectivity index (χ3n) is 4.93. The summed E-state index contributed by atoms with van der Waals surface area (Å²) in [6.07, 6.45) is 3.24. The Morgan fingerprint density at radius 2 is 2.20 bits per heavy atom. The van der Waals surface area contributed by atoms with Crippen LogP contribution in [0.5, 0.6) is 0 Å². The van der Waals surface area contributed by atoms with Crippen LogP contribution < -0.4 is 5.32 Å². The number of anilines is 1. The first kappa shape index (κ1) is 17.5. The van der Waals surface area contributed by atoms with Gasteiger partial charge in [-0.3, -0.25) is 10.00 Å². The second kappa shape index (κ2) is 7.28. The second-order valence-corrected chi connectivity index (χ2v) is 7.13. The van der Waals surface area contributed by atoms with Crippen LogP contribution in [0, 0.1) is 5.92 Å². The molecule has 1 aromatic carbocycles. The van der Waals surface area contributed by atoms with Gasteiger partial charge in [0, 0.05) is 35.8 Å². The summed E-state index contributed by atoms with van der Waals surface area (Å²) >= 11 is 0. The van der Waals surface area contributed by atoms with Gasteiger partial charge in [0.25, 0.3) is 0 Å². The Hall–Kier alpha value is -2.33. The molecule has 4 nitrogen and oxygen atoms in total. The van der Waals surface area contributed by atoms with Crippen LogP contribution in [-0.4, -0.2) is 34.7 Å². The van der Waals surface area contributed by atoms with Crippen LogP contribution in [0.15, 0.2) is 48.7 Å². The minimum Gasteiger partial charge on any atom is -0.359 e. The number of aromatic nitrogens is 2. The van der Waals surface area contributed by atoms with Crippen molar-refractivity contribution in [1.82, 2.24) is 15.1 Å². The molecule has 1 saturated heterocycles. The van der Waals surface area contributed by atoms with E-state index in [1.54, 1.807) is 0 Å². The number of hydrogen-bond donors (Lipinski definition) is 2. The van der Waals surface area contributed by atoms with E-state index in [0.717, 1.165) is 54.0 Å². The fraction of sp³-hybridized carbons (Fsp3) is 0.381. The second-order valence-electron chi connectivity index (χ2n) is 7.13. The van der Waals surface area contributed by atoms with Crippen LogP contribution in [0.1, 0.15) is 32.9 Å². The van der Waals surface area contributed by atoms with E-state index < -0.39 is 0 Å². The monoisotopic (exact) mass is 336 g/mol. The number of rotatable bonds is 6. The van der Waals surface area contributed by atoms with Crippen LogP contribution >= 0.6 is 0 Å². The number of aromatic amines is 1. The summed E-state index contributed by atoms with van der Waals surface area (Å²) in [6.45, 7) is 17.7. The molecular formula is C21H28N4. The van der Waals surface area contributed by atoms with Gasteiger partial charge in [-0.25, -0.2) is 0 Å². The summed E-state index contributed by atoms with van der Waals surface area (Å²) in [5.41, 5.74) is 6.63. The lowest BCUT2D eigenvalue weighted by molar-refractivity contribution is 0.359. The van der Waals surface area contributed by atoms with Crippen molar-refractivity contribution in [2.45, 2.75) is 27.2 Å². The molecule has 1 aromatic heterocycles. The van der Waals surface area contributed by atoms with Crippen molar-refractivity contribution in [2.75, 3.05) is 25.0 Å². The van der Waals surface area contributed by atoms with Gasteiger partial charge in [-0.15, -0.1) is 0 Å². The molecule has 1 unspecified atom stereocenters. The maximum atomic E-state index is 4.44. The van der Waals surface area contributed by atoms with Crippen LogP contribution in [0.3, 0.4) is 0 Å². The summed E-state index contributed by atoms with van der Waals surface area (Å²) in [6, 6.07) is 6.32. The molecule has 0 aliphatic carbocycles. The summed E-state index contributed by atoms with van der Waals surface area (Å²) in [5, 5.41) is 12.2. The topological polar surface area (TPSA) is 44.0 Å². The Kier molecular flexibility index (Phi) is 5.09. The highest BCUT2D eigenvalue weighted by Crippen LogP contribution is 2.28. The van der Waals surface area contributed by atoms with Crippen molar-refractivity contribution in [3.8, 4) is 0 Å². The average molecular weight is 336 g/mol. The van der Waals surface area contributed by atoms with Gasteiger partial charge in [0.1, 0.15) is 0 Å². The molecule has 3 rings (SSSR count). The molecule has 1 aliphatic heterocycles. The van der Waals surface area contributed by atoms with E-state index in [9.17, 15) is 0 Å². The van der Waals surface area contributed by atoms with Crippen LogP contribution in [-0.2, 0) is 0 Å². The molecule has 1 fully saturated rings. The number of fused-ring (bicyclic) bond motifs is 1. The minimum atomic E-state index is 0.483. The zero-order chi connectivity index (χ0) is 18.0. The zero-order valence-corrected chi connectivity index (χ0v) is 15.5. The Morgan fingerprint density at radius 3 is 2.92 bits per heavy atom. The van der Waals surface area contributed by atoms with Crippen molar-refractivity contribution in [3.05, 3.63) is 54.4 Å². The van der Waals surface area contributed by atoms with Crippen molar-refractivity contribution < 1.29 is 0 Å². The Morgan fingerprint density at radius 1 is 1.40 bits per heavy atom. The van der Waals surface area contributed by atoms with E-state index in [1.807, 2.05) is 6.92 Å². The molecular weight excluding hydrogens is 308 g/mol. The quantitative estimate of drug-likeness (QED) is 0.744. The molecule has 0 bridgehead atoms. The first-order valence-electron chi connectivity index (χ1n) is 8.92. The lowest BCUT2D eigenvalue weighted by Crippen LogP contribution is -2.23. The molecule has 1 atom stereocenters. The molecule has 4 heteroatoms. The molecule has 2 N–H and O–H groups in total. The largest absolute Gasteiger partial charge is 0.359 e. The summed E-state index contributed by atoms with van der Waals surface area (Å²) in [7, 11) is 0. The molecule has 25 heavy (non-hydrogen) atoms.